The predicted octanol–water partition coefficient (Wildman–Crippen LogP) is 2.27. The van der Waals surface area contributed by atoms with Gasteiger partial charge < -0.3 is 24.7 Å². The zero-order valence-electron chi connectivity index (χ0n) is 13.4. The van der Waals surface area contributed by atoms with E-state index in [-0.39, 0.29) is 0 Å². The molecule has 0 saturated carbocycles. The molecule has 0 heterocycles. The van der Waals surface area contributed by atoms with Crippen LogP contribution in [0.15, 0.2) is 0 Å². The third kappa shape index (κ3) is 9.85. The van der Waals surface area contributed by atoms with Gasteiger partial charge in [-0.1, -0.05) is 32.1 Å². The lowest BCUT2D eigenvalue weighted by Gasteiger charge is -2.26. The van der Waals surface area contributed by atoms with Gasteiger partial charge in [0.25, 0.3) is 0 Å². The molecule has 0 unspecified atom stereocenters. The third-order valence-corrected chi connectivity index (χ3v) is 6.33. The minimum absolute atomic E-state index is 0.646. The minimum Gasteiger partial charge on any atom is -0.377 e. The van der Waals surface area contributed by atoms with E-state index in [2.05, 4.69) is 0 Å². The topological polar surface area (TPSA) is 79.7 Å². The van der Waals surface area contributed by atoms with Gasteiger partial charge in [0.1, 0.15) is 0 Å². The van der Waals surface area contributed by atoms with Gasteiger partial charge in [-0.3, -0.25) is 0 Å². The van der Waals surface area contributed by atoms with E-state index < -0.39 is 8.80 Å². The molecule has 0 aromatic carbocycles. The first-order valence-corrected chi connectivity index (χ1v) is 9.82. The Morgan fingerprint density at radius 2 is 1.20 bits per heavy atom. The molecule has 6 heteroatoms. The summed E-state index contributed by atoms with van der Waals surface area (Å²) in [4.78, 5) is 0. The summed E-state index contributed by atoms with van der Waals surface area (Å²) in [6.07, 6.45) is 9.43. The van der Waals surface area contributed by atoms with Crippen LogP contribution < -0.4 is 11.5 Å². The zero-order chi connectivity index (χ0) is 15.1. The molecule has 0 atom stereocenters. The van der Waals surface area contributed by atoms with Crippen molar-refractivity contribution in [3.05, 3.63) is 0 Å². The number of nitrogens with two attached hydrogens (primary N) is 2. The number of hydrogen-bond donors (Lipinski definition) is 2. The molecular formula is C14H34N2O3Si. The van der Waals surface area contributed by atoms with Crippen LogP contribution in [0.25, 0.3) is 0 Å². The Hall–Kier alpha value is 0.0169. The molecule has 0 aliphatic rings. The maximum Gasteiger partial charge on any atom is 0.500 e. The Kier molecular flexibility index (Phi) is 14.0. The monoisotopic (exact) mass is 306 g/mol. The van der Waals surface area contributed by atoms with E-state index in [0.29, 0.717) is 6.54 Å². The number of unbranched alkanes of at least 4 members (excludes halogenated alkanes) is 6. The molecule has 0 amide bonds. The molecule has 0 aromatic rings. The van der Waals surface area contributed by atoms with E-state index in [1.54, 1.807) is 14.2 Å². The number of hydrogen-bond acceptors (Lipinski definition) is 5. The van der Waals surface area contributed by atoms with Crippen molar-refractivity contribution >= 4 is 8.80 Å². The smallest absolute Gasteiger partial charge is 0.377 e. The normalized spacial score (nSPS) is 12.0. The maximum absolute atomic E-state index is 5.90. The van der Waals surface area contributed by atoms with Gasteiger partial charge in [-0.25, -0.2) is 0 Å². The largest absolute Gasteiger partial charge is 0.500 e. The van der Waals surface area contributed by atoms with Crippen LogP contribution in [0.4, 0.5) is 0 Å². The van der Waals surface area contributed by atoms with Crippen molar-refractivity contribution in [2.24, 2.45) is 11.5 Å². The van der Waals surface area contributed by atoms with Crippen LogP contribution >= 0.6 is 0 Å². The van der Waals surface area contributed by atoms with Gasteiger partial charge >= 0.3 is 8.80 Å². The molecule has 5 nitrogen and oxygen atoms in total. The summed E-state index contributed by atoms with van der Waals surface area (Å²) in [5.74, 6) is 0. The number of rotatable bonds is 15. The van der Waals surface area contributed by atoms with Gasteiger partial charge in [-0.15, -0.1) is 0 Å². The van der Waals surface area contributed by atoms with Crippen LogP contribution in [0, 0.1) is 0 Å². The first-order chi connectivity index (χ1) is 9.74. The Balaban J connectivity index is 3.58. The molecule has 0 spiro atoms. The van der Waals surface area contributed by atoms with Crippen molar-refractivity contribution in [2.75, 3.05) is 33.9 Å². The van der Waals surface area contributed by atoms with Crippen molar-refractivity contribution < 1.29 is 13.3 Å². The maximum atomic E-state index is 5.90. The van der Waals surface area contributed by atoms with E-state index in [1.165, 1.54) is 32.1 Å². The van der Waals surface area contributed by atoms with Crippen LogP contribution in [0.5, 0.6) is 0 Å². The summed E-state index contributed by atoms with van der Waals surface area (Å²) in [6, 6.07) is 0.801. The molecular weight excluding hydrogens is 272 g/mol. The second-order valence-electron chi connectivity index (χ2n) is 5.10. The van der Waals surface area contributed by atoms with Crippen molar-refractivity contribution in [1.82, 2.24) is 0 Å². The molecule has 0 aliphatic heterocycles. The van der Waals surface area contributed by atoms with Crippen LogP contribution in [0.2, 0.25) is 6.04 Å². The molecule has 0 aliphatic carbocycles. The zero-order valence-corrected chi connectivity index (χ0v) is 14.4. The predicted molar refractivity (Wildman–Crippen MR) is 85.6 cm³/mol. The lowest BCUT2D eigenvalue weighted by Crippen LogP contribution is -2.44. The fourth-order valence-corrected chi connectivity index (χ4v) is 4.20. The van der Waals surface area contributed by atoms with Crippen molar-refractivity contribution in [2.45, 2.75) is 57.4 Å². The summed E-state index contributed by atoms with van der Waals surface area (Å²) < 4.78 is 16.9. The summed E-state index contributed by atoms with van der Waals surface area (Å²) in [5.41, 5.74) is 11.0. The molecule has 0 saturated heterocycles. The highest BCUT2D eigenvalue weighted by Crippen LogP contribution is 2.16. The highest BCUT2D eigenvalue weighted by atomic mass is 28.4. The van der Waals surface area contributed by atoms with Gasteiger partial charge in [-0.2, -0.15) is 0 Å². The second kappa shape index (κ2) is 14.0. The van der Waals surface area contributed by atoms with E-state index in [0.717, 1.165) is 38.5 Å². The molecule has 0 fully saturated rings. The minimum atomic E-state index is -2.44. The lowest BCUT2D eigenvalue weighted by molar-refractivity contribution is 0.0959. The third-order valence-electron chi connectivity index (χ3n) is 3.48. The summed E-state index contributed by atoms with van der Waals surface area (Å²) in [5, 5.41) is 0. The quantitative estimate of drug-likeness (QED) is 0.358. The van der Waals surface area contributed by atoms with E-state index in [1.807, 2.05) is 0 Å². The summed E-state index contributed by atoms with van der Waals surface area (Å²) >= 11 is 0. The Bertz CT molecular complexity index is 205. The van der Waals surface area contributed by atoms with Crippen LogP contribution in [-0.4, -0.2) is 42.7 Å². The molecule has 0 radical (unpaired) electrons. The molecule has 0 aromatic heterocycles. The van der Waals surface area contributed by atoms with Gasteiger partial charge in [0.05, 0.1) is 0 Å². The van der Waals surface area contributed by atoms with E-state index >= 15 is 0 Å². The molecule has 0 bridgehead atoms. The first-order valence-electron chi connectivity index (χ1n) is 7.89. The van der Waals surface area contributed by atoms with Crippen LogP contribution in [0.1, 0.15) is 51.4 Å². The summed E-state index contributed by atoms with van der Waals surface area (Å²) in [6.45, 7) is 2.19. The average Bonchev–Trinajstić information content (AvgIpc) is 2.49. The van der Waals surface area contributed by atoms with Gasteiger partial charge in [0.2, 0.25) is 0 Å². The van der Waals surface area contributed by atoms with Crippen molar-refractivity contribution in [3.63, 3.8) is 0 Å². The standard InChI is InChI=1S/C14H34N2O3Si/c1-17-20(18-2,14-10-12-16)19-13-9-7-5-3-4-6-8-11-15/h3-16H2,1-2H3. The molecule has 0 rings (SSSR count). The molecule has 20 heavy (non-hydrogen) atoms. The Labute approximate surface area is 125 Å². The fourth-order valence-electron chi connectivity index (χ4n) is 2.15. The van der Waals surface area contributed by atoms with E-state index in [4.69, 9.17) is 24.7 Å². The van der Waals surface area contributed by atoms with Crippen molar-refractivity contribution in [3.8, 4) is 0 Å². The lowest BCUT2D eigenvalue weighted by atomic mass is 10.1. The molecule has 4 N–H and O–H groups in total. The van der Waals surface area contributed by atoms with Gasteiger partial charge in [0, 0.05) is 26.9 Å². The average molecular weight is 307 g/mol. The van der Waals surface area contributed by atoms with E-state index in [9.17, 15) is 0 Å². The van der Waals surface area contributed by atoms with Gasteiger partial charge in [0.15, 0.2) is 0 Å². The first kappa shape index (κ1) is 20.0. The molecule has 122 valence electrons. The highest BCUT2D eigenvalue weighted by Gasteiger charge is 2.37. The van der Waals surface area contributed by atoms with Crippen LogP contribution in [0.3, 0.4) is 0 Å². The Morgan fingerprint density at radius 3 is 1.70 bits per heavy atom. The SMILES string of the molecule is CO[Si](CCCN)(OC)OCCCCCCCCCN. The highest BCUT2D eigenvalue weighted by molar-refractivity contribution is 6.60. The Morgan fingerprint density at radius 1 is 0.700 bits per heavy atom. The van der Waals surface area contributed by atoms with Gasteiger partial charge in [-0.05, 0) is 32.4 Å². The van der Waals surface area contributed by atoms with Crippen LogP contribution in [-0.2, 0) is 13.3 Å². The second-order valence-corrected chi connectivity index (χ2v) is 8.07. The fraction of sp³-hybridized carbons (Fsp3) is 1.00. The summed E-state index contributed by atoms with van der Waals surface area (Å²) in [7, 11) is 0.896. The van der Waals surface area contributed by atoms with Crippen molar-refractivity contribution in [1.29, 1.82) is 0 Å².